The van der Waals surface area contributed by atoms with E-state index in [9.17, 15) is 4.79 Å². The summed E-state index contributed by atoms with van der Waals surface area (Å²) in [6, 6.07) is 1.72. The lowest BCUT2D eigenvalue weighted by Gasteiger charge is -2.14. The number of hydrogen-bond acceptors (Lipinski definition) is 4. The summed E-state index contributed by atoms with van der Waals surface area (Å²) >= 11 is 3.24. The first-order valence-electron chi connectivity index (χ1n) is 4.87. The third kappa shape index (κ3) is 2.95. The monoisotopic (exact) mass is 287 g/mol. The summed E-state index contributed by atoms with van der Waals surface area (Å²) in [5.41, 5.74) is 1.09. The largest absolute Gasteiger partial charge is 0.490 e. The van der Waals surface area contributed by atoms with Gasteiger partial charge in [0.05, 0.1) is 13.2 Å². The number of esters is 1. The minimum atomic E-state index is -0.463. The molecule has 0 amide bonds. The van der Waals surface area contributed by atoms with E-state index in [1.54, 1.807) is 6.07 Å². The van der Waals surface area contributed by atoms with Crippen molar-refractivity contribution in [3.63, 3.8) is 0 Å². The lowest BCUT2D eigenvalue weighted by molar-refractivity contribution is 0.0592. The standard InChI is InChI=1S/C11H14BrNO3/c1-6(2)16-8-5-7(3)13-10(12)9(8)11(14)15-4/h5-6H,1-4H3. The lowest BCUT2D eigenvalue weighted by Crippen LogP contribution is -2.12. The molecule has 0 atom stereocenters. The summed E-state index contributed by atoms with van der Waals surface area (Å²) in [5.74, 6) is 0.0243. The van der Waals surface area contributed by atoms with Crippen molar-refractivity contribution in [2.45, 2.75) is 26.9 Å². The second-order valence-electron chi connectivity index (χ2n) is 3.59. The van der Waals surface area contributed by atoms with E-state index in [-0.39, 0.29) is 6.10 Å². The highest BCUT2D eigenvalue weighted by Gasteiger charge is 2.19. The fraction of sp³-hybridized carbons (Fsp3) is 0.455. The molecule has 5 heteroatoms. The van der Waals surface area contributed by atoms with Gasteiger partial charge in [-0.05, 0) is 36.7 Å². The van der Waals surface area contributed by atoms with Gasteiger partial charge in [0.25, 0.3) is 0 Å². The van der Waals surface area contributed by atoms with Gasteiger partial charge in [0.2, 0.25) is 0 Å². The molecule has 0 aliphatic heterocycles. The Morgan fingerprint density at radius 1 is 1.50 bits per heavy atom. The van der Waals surface area contributed by atoms with Crippen LogP contribution in [0.1, 0.15) is 29.9 Å². The Morgan fingerprint density at radius 3 is 2.62 bits per heavy atom. The number of methoxy groups -OCH3 is 1. The van der Waals surface area contributed by atoms with Gasteiger partial charge in [-0.2, -0.15) is 0 Å². The molecule has 0 aliphatic rings. The average molecular weight is 288 g/mol. The molecular weight excluding hydrogens is 274 g/mol. The Morgan fingerprint density at radius 2 is 2.12 bits per heavy atom. The van der Waals surface area contributed by atoms with E-state index in [2.05, 4.69) is 20.9 Å². The van der Waals surface area contributed by atoms with Crippen molar-refractivity contribution in [1.82, 2.24) is 4.98 Å². The zero-order chi connectivity index (χ0) is 12.3. The molecule has 0 bridgehead atoms. The SMILES string of the molecule is COC(=O)c1c(OC(C)C)cc(C)nc1Br. The fourth-order valence-electron chi connectivity index (χ4n) is 1.24. The van der Waals surface area contributed by atoms with Crippen molar-refractivity contribution >= 4 is 21.9 Å². The summed E-state index contributed by atoms with van der Waals surface area (Å²) < 4.78 is 10.7. The molecule has 0 saturated carbocycles. The van der Waals surface area contributed by atoms with Crippen LogP contribution in [0.5, 0.6) is 5.75 Å². The Labute approximate surface area is 103 Å². The first kappa shape index (κ1) is 13.0. The molecule has 0 fully saturated rings. The molecule has 0 unspecified atom stereocenters. The van der Waals surface area contributed by atoms with Crippen LogP contribution in [-0.2, 0) is 4.74 Å². The molecule has 0 N–H and O–H groups in total. The second-order valence-corrected chi connectivity index (χ2v) is 4.34. The van der Waals surface area contributed by atoms with Gasteiger partial charge in [-0.3, -0.25) is 0 Å². The molecule has 0 aliphatic carbocycles. The van der Waals surface area contributed by atoms with Crippen LogP contribution in [0.3, 0.4) is 0 Å². The first-order chi connectivity index (χ1) is 7.45. The summed E-state index contributed by atoms with van der Waals surface area (Å²) in [7, 11) is 1.33. The molecule has 0 spiro atoms. The van der Waals surface area contributed by atoms with Crippen molar-refractivity contribution in [2.24, 2.45) is 0 Å². The maximum atomic E-state index is 11.6. The zero-order valence-corrected chi connectivity index (χ0v) is 11.3. The highest BCUT2D eigenvalue weighted by atomic mass is 79.9. The third-order valence-electron chi connectivity index (χ3n) is 1.82. The molecule has 0 radical (unpaired) electrons. The van der Waals surface area contributed by atoms with E-state index in [0.29, 0.717) is 15.9 Å². The maximum absolute atomic E-state index is 11.6. The molecular formula is C11H14BrNO3. The summed E-state index contributed by atoms with van der Waals surface area (Å²) in [5, 5.41) is 0. The predicted molar refractivity (Wildman–Crippen MR) is 63.8 cm³/mol. The van der Waals surface area contributed by atoms with Crippen molar-refractivity contribution < 1.29 is 14.3 Å². The van der Waals surface area contributed by atoms with Crippen LogP contribution in [0, 0.1) is 6.92 Å². The van der Waals surface area contributed by atoms with Gasteiger partial charge in [0, 0.05) is 11.8 Å². The number of carbonyl (C=O) groups is 1. The number of carbonyl (C=O) groups excluding carboxylic acids is 1. The molecule has 1 aromatic rings. The summed E-state index contributed by atoms with van der Waals surface area (Å²) in [6.45, 7) is 5.62. The number of aryl methyl sites for hydroxylation is 1. The van der Waals surface area contributed by atoms with Crippen LogP contribution in [-0.4, -0.2) is 24.2 Å². The fourth-order valence-corrected chi connectivity index (χ4v) is 1.88. The van der Waals surface area contributed by atoms with Crippen LogP contribution in [0.25, 0.3) is 0 Å². The first-order valence-corrected chi connectivity index (χ1v) is 5.67. The molecule has 4 nitrogen and oxygen atoms in total. The van der Waals surface area contributed by atoms with Gasteiger partial charge >= 0.3 is 5.97 Å². The number of ether oxygens (including phenoxy) is 2. The Balaban J connectivity index is 3.26. The van der Waals surface area contributed by atoms with Gasteiger partial charge in [-0.15, -0.1) is 0 Å². The van der Waals surface area contributed by atoms with Crippen molar-refractivity contribution in [3.05, 3.63) is 21.9 Å². The van der Waals surface area contributed by atoms with Gasteiger partial charge in [0.1, 0.15) is 15.9 Å². The van der Waals surface area contributed by atoms with Gasteiger partial charge in [0.15, 0.2) is 0 Å². The Bertz CT molecular complexity index is 404. The van der Waals surface area contributed by atoms with Crippen molar-refractivity contribution in [2.75, 3.05) is 7.11 Å². The maximum Gasteiger partial charge on any atom is 0.344 e. The second kappa shape index (κ2) is 5.30. The van der Waals surface area contributed by atoms with Gasteiger partial charge < -0.3 is 9.47 Å². The number of halogens is 1. The minimum Gasteiger partial charge on any atom is -0.490 e. The van der Waals surface area contributed by atoms with E-state index in [0.717, 1.165) is 5.69 Å². The number of nitrogens with zero attached hydrogens (tertiary/aromatic N) is 1. The predicted octanol–water partition coefficient (Wildman–Crippen LogP) is 2.73. The molecule has 0 saturated heterocycles. The van der Waals surface area contributed by atoms with Crippen molar-refractivity contribution in [3.8, 4) is 5.75 Å². The molecule has 1 aromatic heterocycles. The lowest BCUT2D eigenvalue weighted by atomic mass is 10.2. The molecule has 1 rings (SSSR count). The normalized spacial score (nSPS) is 10.4. The van der Waals surface area contributed by atoms with E-state index >= 15 is 0 Å². The van der Waals surface area contributed by atoms with E-state index < -0.39 is 5.97 Å². The van der Waals surface area contributed by atoms with Crippen LogP contribution in [0.2, 0.25) is 0 Å². The zero-order valence-electron chi connectivity index (χ0n) is 9.70. The Hall–Kier alpha value is -1.10. The highest BCUT2D eigenvalue weighted by Crippen LogP contribution is 2.27. The molecule has 0 aromatic carbocycles. The molecule has 88 valence electrons. The highest BCUT2D eigenvalue weighted by molar-refractivity contribution is 9.10. The number of aromatic nitrogens is 1. The number of hydrogen-bond donors (Lipinski definition) is 0. The smallest absolute Gasteiger partial charge is 0.344 e. The summed E-state index contributed by atoms with van der Waals surface area (Å²) in [4.78, 5) is 15.7. The van der Waals surface area contributed by atoms with E-state index in [1.807, 2.05) is 20.8 Å². The number of rotatable bonds is 3. The molecule has 1 heterocycles. The Kier molecular flexibility index (Phi) is 4.29. The quantitative estimate of drug-likeness (QED) is 0.634. The van der Waals surface area contributed by atoms with E-state index in [1.165, 1.54) is 7.11 Å². The van der Waals surface area contributed by atoms with Gasteiger partial charge in [-0.1, -0.05) is 0 Å². The van der Waals surface area contributed by atoms with Crippen molar-refractivity contribution in [1.29, 1.82) is 0 Å². The topological polar surface area (TPSA) is 48.4 Å². The molecule has 16 heavy (non-hydrogen) atoms. The van der Waals surface area contributed by atoms with Gasteiger partial charge in [-0.25, -0.2) is 9.78 Å². The third-order valence-corrected chi connectivity index (χ3v) is 2.39. The number of pyridine rings is 1. The minimum absolute atomic E-state index is 0.0166. The summed E-state index contributed by atoms with van der Waals surface area (Å²) in [6.07, 6.45) is -0.0166. The van der Waals surface area contributed by atoms with Crippen LogP contribution >= 0.6 is 15.9 Å². The van der Waals surface area contributed by atoms with Crippen LogP contribution in [0.15, 0.2) is 10.7 Å². The van der Waals surface area contributed by atoms with E-state index in [4.69, 9.17) is 9.47 Å². The van der Waals surface area contributed by atoms with Crippen LogP contribution in [0.4, 0.5) is 0 Å². The average Bonchev–Trinajstić information content (AvgIpc) is 2.14. The van der Waals surface area contributed by atoms with Crippen LogP contribution < -0.4 is 4.74 Å².